The van der Waals surface area contributed by atoms with E-state index in [9.17, 15) is 4.79 Å². The van der Waals surface area contributed by atoms with Crippen molar-refractivity contribution in [2.24, 2.45) is 5.92 Å². The van der Waals surface area contributed by atoms with Crippen LogP contribution in [-0.4, -0.2) is 45.1 Å². The number of ether oxygens (including phenoxy) is 1. The van der Waals surface area contributed by atoms with E-state index in [2.05, 4.69) is 17.0 Å². The molecule has 4 rings (SSSR count). The van der Waals surface area contributed by atoms with Gasteiger partial charge in [0.25, 0.3) is 0 Å². The van der Waals surface area contributed by atoms with Gasteiger partial charge in [0.05, 0.1) is 19.3 Å². The molecule has 1 amide bonds. The van der Waals surface area contributed by atoms with E-state index >= 15 is 0 Å². The van der Waals surface area contributed by atoms with Crippen LogP contribution in [0.15, 0.2) is 65.3 Å². The van der Waals surface area contributed by atoms with Gasteiger partial charge in [-0.1, -0.05) is 23.7 Å². The van der Waals surface area contributed by atoms with Gasteiger partial charge < -0.3 is 19.0 Å². The lowest BCUT2D eigenvalue weighted by Gasteiger charge is -2.29. The van der Waals surface area contributed by atoms with Gasteiger partial charge in [0.2, 0.25) is 5.91 Å². The molecule has 1 aliphatic rings. The molecule has 0 bridgehead atoms. The Labute approximate surface area is 194 Å². The minimum atomic E-state index is -0.261. The summed E-state index contributed by atoms with van der Waals surface area (Å²) in [5.74, 6) is 1.46. The Bertz CT molecular complexity index is 1050. The van der Waals surface area contributed by atoms with E-state index in [1.54, 1.807) is 13.4 Å². The van der Waals surface area contributed by atoms with E-state index in [1.165, 1.54) is 0 Å². The van der Waals surface area contributed by atoms with E-state index in [1.807, 2.05) is 61.5 Å². The third-order valence-corrected chi connectivity index (χ3v) is 6.39. The Morgan fingerprint density at radius 3 is 2.59 bits per heavy atom. The van der Waals surface area contributed by atoms with Gasteiger partial charge in [0, 0.05) is 36.1 Å². The van der Waals surface area contributed by atoms with Crippen LogP contribution in [0.5, 0.6) is 5.75 Å². The second-order valence-electron chi connectivity index (χ2n) is 8.54. The molecule has 168 valence electrons. The van der Waals surface area contributed by atoms with Gasteiger partial charge in [-0.2, -0.15) is 0 Å². The quantitative estimate of drug-likeness (QED) is 0.504. The molecule has 0 saturated carbocycles. The number of carbonyl (C=O) groups excluding carboxylic acids is 1. The number of hydrogen-bond acceptors (Lipinski definition) is 4. The largest absolute Gasteiger partial charge is 0.497 e. The summed E-state index contributed by atoms with van der Waals surface area (Å²) in [5, 5.41) is 0.682. The van der Waals surface area contributed by atoms with Gasteiger partial charge >= 0.3 is 0 Å². The smallest absolute Gasteiger partial charge is 0.231 e. The Balaban J connectivity index is 1.80. The average Bonchev–Trinajstić information content (AvgIpc) is 3.27. The van der Waals surface area contributed by atoms with Gasteiger partial charge in [-0.05, 0) is 74.1 Å². The normalized spacial score (nSPS) is 18.5. The number of fused-ring (bicyclic) bond motifs is 1. The number of amides is 1. The van der Waals surface area contributed by atoms with Gasteiger partial charge in [0.15, 0.2) is 0 Å². The lowest BCUT2D eigenvalue weighted by Crippen LogP contribution is -2.41. The van der Waals surface area contributed by atoms with Crippen LogP contribution in [-0.2, 0) is 17.6 Å². The fraction of sp³-hybridized carbons (Fsp3) is 0.346. The Hall–Kier alpha value is -2.76. The maximum Gasteiger partial charge on any atom is 0.231 e. The first-order chi connectivity index (χ1) is 15.5. The molecule has 1 aliphatic heterocycles. The number of carbonyl (C=O) groups is 1. The topological polar surface area (TPSA) is 45.9 Å². The van der Waals surface area contributed by atoms with Crippen molar-refractivity contribution < 1.29 is 13.9 Å². The maximum absolute atomic E-state index is 14.0. The molecule has 0 N–H and O–H groups in total. The van der Waals surface area contributed by atoms with E-state index in [0.29, 0.717) is 18.0 Å². The minimum Gasteiger partial charge on any atom is -0.497 e. The van der Waals surface area contributed by atoms with Gasteiger partial charge in [-0.15, -0.1) is 0 Å². The number of benzene rings is 2. The monoisotopic (exact) mass is 452 g/mol. The fourth-order valence-electron chi connectivity index (χ4n) is 4.46. The van der Waals surface area contributed by atoms with Crippen molar-refractivity contribution in [3.05, 3.63) is 82.8 Å². The first kappa shape index (κ1) is 22.4. The number of hydrogen-bond donors (Lipinski definition) is 0. The van der Waals surface area contributed by atoms with Crippen molar-refractivity contribution in [3.8, 4) is 5.75 Å². The number of methoxy groups -OCH3 is 1. The average molecular weight is 453 g/mol. The molecule has 0 saturated heterocycles. The molecule has 0 radical (unpaired) electrons. The number of nitrogens with zero attached hydrogens (tertiary/aromatic N) is 2. The predicted octanol–water partition coefficient (Wildman–Crippen LogP) is 5.04. The SMILES string of the molecule is COc1ccc([C@@H]2Cc3cc(Cl)ccc3N(CCN(C)C)C(=O)[C@@H]2Cc2ccco2)cc1. The number of anilines is 1. The van der Waals surface area contributed by atoms with Crippen molar-refractivity contribution in [3.63, 3.8) is 0 Å². The van der Waals surface area contributed by atoms with Crippen molar-refractivity contribution in [2.75, 3.05) is 39.2 Å². The Kier molecular flexibility index (Phi) is 6.87. The standard InChI is InChI=1S/C26H29ClN2O3/c1-28(2)12-13-29-25-11-8-20(27)15-19(25)16-23(18-6-9-21(31-3)10-7-18)24(26(29)30)17-22-5-4-14-32-22/h4-11,14-15,23-24H,12-13,16-17H2,1-3H3/t23-,24+/m0/s1. The summed E-state index contributed by atoms with van der Waals surface area (Å²) in [5.41, 5.74) is 3.14. The highest BCUT2D eigenvalue weighted by Crippen LogP contribution is 2.40. The molecule has 0 fully saturated rings. The molecule has 2 heterocycles. The number of rotatable bonds is 7. The number of furan rings is 1. The first-order valence-electron chi connectivity index (χ1n) is 10.9. The van der Waals surface area contributed by atoms with Crippen LogP contribution in [0.1, 0.15) is 22.8 Å². The molecule has 3 aromatic rings. The molecule has 0 spiro atoms. The maximum atomic E-state index is 14.0. The van der Waals surface area contributed by atoms with Crippen LogP contribution >= 0.6 is 11.6 Å². The summed E-state index contributed by atoms with van der Waals surface area (Å²) in [6.07, 6.45) is 2.93. The lowest BCUT2D eigenvalue weighted by atomic mass is 9.79. The number of likely N-dealkylation sites (N-methyl/N-ethyl adjacent to an activating group) is 1. The summed E-state index contributed by atoms with van der Waals surface area (Å²) in [6.45, 7) is 1.39. The third kappa shape index (κ3) is 4.84. The summed E-state index contributed by atoms with van der Waals surface area (Å²) >= 11 is 6.38. The Morgan fingerprint density at radius 2 is 1.94 bits per heavy atom. The van der Waals surface area contributed by atoms with Gasteiger partial charge in [-0.25, -0.2) is 0 Å². The lowest BCUT2D eigenvalue weighted by molar-refractivity contribution is -0.123. The van der Waals surface area contributed by atoms with Crippen molar-refractivity contribution in [1.82, 2.24) is 4.90 Å². The second kappa shape index (κ2) is 9.80. The van der Waals surface area contributed by atoms with Crippen LogP contribution in [0, 0.1) is 5.92 Å². The van der Waals surface area contributed by atoms with Gasteiger partial charge in [-0.3, -0.25) is 4.79 Å². The highest BCUT2D eigenvalue weighted by atomic mass is 35.5. The zero-order valence-electron chi connectivity index (χ0n) is 18.8. The van der Waals surface area contributed by atoms with Crippen molar-refractivity contribution >= 4 is 23.2 Å². The van der Waals surface area contributed by atoms with Crippen molar-refractivity contribution in [1.29, 1.82) is 0 Å². The molecule has 5 nitrogen and oxygen atoms in total. The molecule has 2 atom stereocenters. The molecule has 1 aromatic heterocycles. The Morgan fingerprint density at radius 1 is 1.16 bits per heavy atom. The van der Waals surface area contributed by atoms with Crippen LogP contribution in [0.25, 0.3) is 0 Å². The first-order valence-corrected chi connectivity index (χ1v) is 11.2. The molecular weight excluding hydrogens is 424 g/mol. The molecule has 0 aliphatic carbocycles. The van der Waals surface area contributed by atoms with Crippen LogP contribution in [0.3, 0.4) is 0 Å². The van der Waals surface area contributed by atoms with E-state index < -0.39 is 0 Å². The van der Waals surface area contributed by atoms with Crippen LogP contribution < -0.4 is 9.64 Å². The van der Waals surface area contributed by atoms with Crippen molar-refractivity contribution in [2.45, 2.75) is 18.8 Å². The van der Waals surface area contributed by atoms with E-state index in [4.69, 9.17) is 20.8 Å². The van der Waals surface area contributed by atoms with Crippen LogP contribution in [0.2, 0.25) is 5.02 Å². The minimum absolute atomic E-state index is 0.0138. The zero-order valence-corrected chi connectivity index (χ0v) is 19.5. The molecule has 2 aromatic carbocycles. The fourth-order valence-corrected chi connectivity index (χ4v) is 4.65. The van der Waals surface area contributed by atoms with E-state index in [-0.39, 0.29) is 17.7 Å². The summed E-state index contributed by atoms with van der Waals surface area (Å²) in [7, 11) is 5.70. The molecule has 32 heavy (non-hydrogen) atoms. The highest BCUT2D eigenvalue weighted by Gasteiger charge is 2.38. The predicted molar refractivity (Wildman–Crippen MR) is 128 cm³/mol. The van der Waals surface area contributed by atoms with Crippen LogP contribution in [0.4, 0.5) is 5.69 Å². The number of halogens is 1. The summed E-state index contributed by atoms with van der Waals surface area (Å²) in [4.78, 5) is 18.1. The molecular formula is C26H29ClN2O3. The summed E-state index contributed by atoms with van der Waals surface area (Å²) in [6, 6.07) is 17.7. The van der Waals surface area contributed by atoms with E-state index in [0.717, 1.165) is 41.3 Å². The third-order valence-electron chi connectivity index (χ3n) is 6.16. The van der Waals surface area contributed by atoms with Gasteiger partial charge in [0.1, 0.15) is 11.5 Å². The zero-order chi connectivity index (χ0) is 22.7. The second-order valence-corrected chi connectivity index (χ2v) is 8.98. The molecule has 0 unspecified atom stereocenters. The summed E-state index contributed by atoms with van der Waals surface area (Å²) < 4.78 is 11.0. The highest BCUT2D eigenvalue weighted by molar-refractivity contribution is 6.30. The molecule has 6 heteroatoms.